The average molecular weight is 298 g/mol. The number of alkyl halides is 3. The lowest BCUT2D eigenvalue weighted by Gasteiger charge is -2.09. The maximum absolute atomic E-state index is 14.0. The van der Waals surface area contributed by atoms with Crippen LogP contribution in [0.15, 0.2) is 36.4 Å². The van der Waals surface area contributed by atoms with Crippen molar-refractivity contribution in [3.63, 3.8) is 0 Å². The molecule has 0 spiro atoms. The zero-order chi connectivity index (χ0) is 15.2. The van der Waals surface area contributed by atoms with Crippen molar-refractivity contribution in [1.29, 1.82) is 0 Å². The Hall–Kier alpha value is -2.44. The largest absolute Gasteiger partial charge is 0.419 e. The third kappa shape index (κ3) is 2.35. The number of hydrogen-bond donors (Lipinski definition) is 1. The van der Waals surface area contributed by atoms with E-state index in [4.69, 9.17) is 0 Å². The highest BCUT2D eigenvalue weighted by atomic mass is 19.4. The Bertz CT molecular complexity index is 820. The maximum Gasteiger partial charge on any atom is 0.419 e. The summed E-state index contributed by atoms with van der Waals surface area (Å²) in [5.41, 5.74) is -1.07. The van der Waals surface area contributed by atoms with Gasteiger partial charge < -0.3 is 4.98 Å². The molecule has 3 rings (SSSR count). The fourth-order valence-electron chi connectivity index (χ4n) is 2.04. The molecule has 0 amide bonds. The first-order valence-corrected chi connectivity index (χ1v) is 5.87. The molecular weight excluding hydrogens is 291 g/mol. The van der Waals surface area contributed by atoms with Gasteiger partial charge in [0.1, 0.15) is 17.5 Å². The van der Waals surface area contributed by atoms with E-state index in [1.807, 2.05) is 0 Å². The molecule has 0 saturated carbocycles. The van der Waals surface area contributed by atoms with E-state index in [0.717, 1.165) is 18.2 Å². The van der Waals surface area contributed by atoms with Crippen LogP contribution in [0.3, 0.4) is 0 Å². The number of rotatable bonds is 1. The van der Waals surface area contributed by atoms with Crippen LogP contribution in [0, 0.1) is 11.6 Å². The van der Waals surface area contributed by atoms with E-state index in [1.54, 1.807) is 0 Å². The second-order valence-corrected chi connectivity index (χ2v) is 4.41. The molecular formula is C14H7F5N2. The Kier molecular flexibility index (Phi) is 2.93. The highest BCUT2D eigenvalue weighted by Crippen LogP contribution is 2.35. The summed E-state index contributed by atoms with van der Waals surface area (Å²) in [4.78, 5) is 6.59. The Morgan fingerprint density at radius 3 is 2.48 bits per heavy atom. The summed E-state index contributed by atoms with van der Waals surface area (Å²) >= 11 is 0. The van der Waals surface area contributed by atoms with Gasteiger partial charge in [-0.3, -0.25) is 0 Å². The molecule has 2 aromatic carbocycles. The van der Waals surface area contributed by atoms with Crippen LogP contribution in [0.5, 0.6) is 0 Å². The van der Waals surface area contributed by atoms with Crippen molar-refractivity contribution in [2.45, 2.75) is 6.18 Å². The minimum Gasteiger partial charge on any atom is -0.338 e. The first-order chi connectivity index (χ1) is 9.86. The van der Waals surface area contributed by atoms with E-state index in [1.165, 1.54) is 12.1 Å². The van der Waals surface area contributed by atoms with Crippen LogP contribution in [0.2, 0.25) is 0 Å². The second kappa shape index (κ2) is 4.54. The first-order valence-electron chi connectivity index (χ1n) is 5.87. The highest BCUT2D eigenvalue weighted by molar-refractivity contribution is 5.79. The van der Waals surface area contributed by atoms with E-state index in [9.17, 15) is 22.0 Å². The van der Waals surface area contributed by atoms with Gasteiger partial charge in [0.05, 0.1) is 22.2 Å². The zero-order valence-corrected chi connectivity index (χ0v) is 10.3. The minimum atomic E-state index is -4.79. The van der Waals surface area contributed by atoms with E-state index >= 15 is 0 Å². The van der Waals surface area contributed by atoms with Crippen LogP contribution < -0.4 is 0 Å². The van der Waals surface area contributed by atoms with Crippen molar-refractivity contribution in [3.8, 4) is 11.4 Å². The van der Waals surface area contributed by atoms with Gasteiger partial charge in [-0.05, 0) is 30.3 Å². The Morgan fingerprint density at radius 2 is 1.76 bits per heavy atom. The summed E-state index contributed by atoms with van der Waals surface area (Å²) in [6, 6.07) is 6.58. The summed E-state index contributed by atoms with van der Waals surface area (Å²) in [5, 5.41) is 0. The lowest BCUT2D eigenvalue weighted by Crippen LogP contribution is -2.08. The monoisotopic (exact) mass is 298 g/mol. The molecule has 0 aliphatic rings. The molecule has 1 N–H and O–H groups in total. The van der Waals surface area contributed by atoms with E-state index < -0.39 is 23.4 Å². The number of aromatic nitrogens is 2. The smallest absolute Gasteiger partial charge is 0.338 e. The molecule has 0 saturated heterocycles. The van der Waals surface area contributed by atoms with Crippen molar-refractivity contribution < 1.29 is 22.0 Å². The van der Waals surface area contributed by atoms with Crippen molar-refractivity contribution in [1.82, 2.24) is 9.97 Å². The van der Waals surface area contributed by atoms with Crippen LogP contribution >= 0.6 is 0 Å². The third-order valence-electron chi connectivity index (χ3n) is 3.00. The highest BCUT2D eigenvalue weighted by Gasteiger charge is 2.35. The summed E-state index contributed by atoms with van der Waals surface area (Å²) in [5.74, 6) is -2.02. The van der Waals surface area contributed by atoms with Gasteiger partial charge in [0, 0.05) is 0 Å². The molecule has 21 heavy (non-hydrogen) atoms. The molecule has 0 atom stereocenters. The van der Waals surface area contributed by atoms with Crippen molar-refractivity contribution in [2.75, 3.05) is 0 Å². The molecule has 0 fully saturated rings. The molecule has 0 aliphatic heterocycles. The van der Waals surface area contributed by atoms with Crippen LogP contribution in [0.4, 0.5) is 22.0 Å². The molecule has 1 heterocycles. The second-order valence-electron chi connectivity index (χ2n) is 4.41. The van der Waals surface area contributed by atoms with Crippen molar-refractivity contribution >= 4 is 11.0 Å². The van der Waals surface area contributed by atoms with Gasteiger partial charge in [0.15, 0.2) is 0 Å². The fraction of sp³-hybridized carbons (Fsp3) is 0.0714. The van der Waals surface area contributed by atoms with Gasteiger partial charge in [0.25, 0.3) is 0 Å². The topological polar surface area (TPSA) is 28.7 Å². The number of hydrogen-bond acceptors (Lipinski definition) is 1. The molecule has 1 aromatic heterocycles. The van der Waals surface area contributed by atoms with E-state index in [0.29, 0.717) is 11.6 Å². The SMILES string of the molecule is Fc1ccc2nc(-c3cccc(C(F)(F)F)c3F)[nH]c2c1. The molecule has 0 radical (unpaired) electrons. The Morgan fingerprint density at radius 1 is 1.00 bits per heavy atom. The summed E-state index contributed by atoms with van der Waals surface area (Å²) in [7, 11) is 0. The quantitative estimate of drug-likeness (QED) is 0.657. The van der Waals surface area contributed by atoms with Crippen molar-refractivity contribution in [2.24, 2.45) is 0 Å². The van der Waals surface area contributed by atoms with Gasteiger partial charge in [-0.2, -0.15) is 13.2 Å². The zero-order valence-electron chi connectivity index (χ0n) is 10.3. The molecule has 108 valence electrons. The third-order valence-corrected chi connectivity index (χ3v) is 3.00. The average Bonchev–Trinajstić information content (AvgIpc) is 2.80. The molecule has 0 unspecified atom stereocenters. The fourth-order valence-corrected chi connectivity index (χ4v) is 2.04. The van der Waals surface area contributed by atoms with Crippen LogP contribution in [-0.2, 0) is 6.18 Å². The number of benzene rings is 2. The molecule has 0 aliphatic carbocycles. The van der Waals surface area contributed by atoms with Gasteiger partial charge in [0.2, 0.25) is 0 Å². The standard InChI is InChI=1S/C14H7F5N2/c15-7-4-5-10-11(6-7)21-13(20-10)8-2-1-3-9(12(8)16)14(17,18)19/h1-6H,(H,20,21). The number of aromatic amines is 1. The summed E-state index contributed by atoms with van der Waals surface area (Å²) in [6.07, 6.45) is -4.79. The van der Waals surface area contributed by atoms with Gasteiger partial charge >= 0.3 is 6.18 Å². The minimum absolute atomic E-state index is 0.0841. The van der Waals surface area contributed by atoms with E-state index in [-0.39, 0.29) is 16.9 Å². The number of nitrogens with one attached hydrogen (secondary N) is 1. The van der Waals surface area contributed by atoms with Crippen LogP contribution in [-0.4, -0.2) is 9.97 Å². The molecule has 0 bridgehead atoms. The summed E-state index contributed by atoms with van der Waals surface area (Å²) in [6.45, 7) is 0. The lowest BCUT2D eigenvalue weighted by atomic mass is 10.1. The normalized spacial score (nSPS) is 12.0. The Balaban J connectivity index is 2.19. The number of fused-ring (bicyclic) bond motifs is 1. The number of H-pyrrole nitrogens is 1. The first kappa shape index (κ1) is 13.5. The number of imidazole rings is 1. The predicted molar refractivity (Wildman–Crippen MR) is 66.4 cm³/mol. The summed E-state index contributed by atoms with van der Waals surface area (Å²) < 4.78 is 65.1. The molecule has 2 nitrogen and oxygen atoms in total. The lowest BCUT2D eigenvalue weighted by molar-refractivity contribution is -0.139. The van der Waals surface area contributed by atoms with Gasteiger partial charge in [-0.15, -0.1) is 0 Å². The molecule has 7 heteroatoms. The molecule has 3 aromatic rings. The predicted octanol–water partition coefficient (Wildman–Crippen LogP) is 4.53. The van der Waals surface area contributed by atoms with Crippen LogP contribution in [0.25, 0.3) is 22.4 Å². The maximum atomic E-state index is 14.0. The van der Waals surface area contributed by atoms with E-state index in [2.05, 4.69) is 9.97 Å². The Labute approximate surface area is 115 Å². The van der Waals surface area contributed by atoms with Crippen LogP contribution in [0.1, 0.15) is 5.56 Å². The number of nitrogens with zero attached hydrogens (tertiary/aromatic N) is 1. The number of halogens is 5. The van der Waals surface area contributed by atoms with Gasteiger partial charge in [-0.1, -0.05) is 6.07 Å². The van der Waals surface area contributed by atoms with Crippen molar-refractivity contribution in [3.05, 3.63) is 53.6 Å². The van der Waals surface area contributed by atoms with Gasteiger partial charge in [-0.25, -0.2) is 13.8 Å².